The van der Waals surface area contributed by atoms with Gasteiger partial charge in [0.15, 0.2) is 0 Å². The van der Waals surface area contributed by atoms with Crippen LogP contribution in [0.25, 0.3) is 0 Å². The van der Waals surface area contributed by atoms with Crippen molar-refractivity contribution in [2.45, 2.75) is 6.92 Å². The summed E-state index contributed by atoms with van der Waals surface area (Å²) in [5, 5.41) is 0. The Kier molecular flexibility index (Phi) is 5.10. The van der Waals surface area contributed by atoms with Gasteiger partial charge in [-0.15, -0.1) is 0 Å². The molecule has 1 aromatic rings. The van der Waals surface area contributed by atoms with E-state index in [1.807, 2.05) is 18.2 Å². The molecule has 0 heterocycles. The second-order valence-electron chi connectivity index (χ2n) is 1.91. The molecule has 0 N–H and O–H groups in total. The molecule has 0 unspecified atom stereocenters. The Bertz CT molecular complexity index is 221. The van der Waals surface area contributed by atoms with E-state index in [0.29, 0.717) is 5.75 Å². The zero-order chi connectivity index (χ0) is 7.40. The summed E-state index contributed by atoms with van der Waals surface area (Å²) in [5.41, 5.74) is 0. The van der Waals surface area contributed by atoms with Gasteiger partial charge in [0.25, 0.3) is 0 Å². The molecular formula is C8H10O2Pb. The number of ether oxygens (including phenoxy) is 1. The third-order valence-electron chi connectivity index (χ3n) is 1.00. The number of carbonyl (C=O) groups is 1. The third kappa shape index (κ3) is 4.13. The van der Waals surface area contributed by atoms with Crippen LogP contribution in [0.3, 0.4) is 0 Å². The normalized spacial score (nSPS) is 8.09. The van der Waals surface area contributed by atoms with E-state index < -0.39 is 0 Å². The molecule has 1 aromatic carbocycles. The monoisotopic (exact) mass is 346 g/mol. The quantitative estimate of drug-likeness (QED) is 0.425. The van der Waals surface area contributed by atoms with E-state index in [1.54, 1.807) is 12.1 Å². The molecule has 0 aliphatic rings. The molecule has 2 radical (unpaired) electrons. The molecule has 0 aliphatic carbocycles. The van der Waals surface area contributed by atoms with Crippen LogP contribution in [0.2, 0.25) is 0 Å². The van der Waals surface area contributed by atoms with Crippen LogP contribution in [0.15, 0.2) is 30.3 Å². The summed E-state index contributed by atoms with van der Waals surface area (Å²) in [5.74, 6) is 0.307. The molecule has 0 amide bonds. The van der Waals surface area contributed by atoms with Gasteiger partial charge in [-0.2, -0.15) is 0 Å². The van der Waals surface area contributed by atoms with E-state index in [2.05, 4.69) is 0 Å². The van der Waals surface area contributed by atoms with Gasteiger partial charge >= 0.3 is 33.3 Å². The molecule has 0 bridgehead atoms. The van der Waals surface area contributed by atoms with Crippen molar-refractivity contribution in [2.75, 3.05) is 0 Å². The molecule has 58 valence electrons. The van der Waals surface area contributed by atoms with Crippen molar-refractivity contribution in [3.63, 3.8) is 0 Å². The van der Waals surface area contributed by atoms with Crippen LogP contribution >= 0.6 is 0 Å². The number of rotatable bonds is 1. The average Bonchev–Trinajstić information content (AvgIpc) is 1.88. The first-order chi connectivity index (χ1) is 4.79. The Morgan fingerprint density at radius 1 is 1.27 bits per heavy atom. The minimum absolute atomic E-state index is 0. The van der Waals surface area contributed by atoms with Crippen LogP contribution in [-0.4, -0.2) is 33.3 Å². The summed E-state index contributed by atoms with van der Waals surface area (Å²) in [7, 11) is 0. The van der Waals surface area contributed by atoms with Crippen molar-refractivity contribution in [1.82, 2.24) is 0 Å². The zero-order valence-corrected chi connectivity index (χ0v) is 11.9. The van der Waals surface area contributed by atoms with Gasteiger partial charge in [0.1, 0.15) is 5.75 Å². The van der Waals surface area contributed by atoms with Gasteiger partial charge in [0, 0.05) is 6.92 Å². The molecule has 2 nitrogen and oxygen atoms in total. The van der Waals surface area contributed by atoms with Crippen molar-refractivity contribution in [3.8, 4) is 5.75 Å². The number of hydrogen-bond acceptors (Lipinski definition) is 2. The standard InChI is InChI=1S/C8H8O2.Pb.2H/c1-7(9)10-8-5-3-2-4-6-8;;;/h2-6H,1H3;;;. The number of esters is 1. The van der Waals surface area contributed by atoms with Gasteiger partial charge in [-0.3, -0.25) is 4.79 Å². The molecule has 1 rings (SSSR count). The first kappa shape index (κ1) is 10.6. The molecule has 0 aromatic heterocycles. The second-order valence-corrected chi connectivity index (χ2v) is 1.91. The van der Waals surface area contributed by atoms with Crippen LogP contribution in [0.5, 0.6) is 5.75 Å². The maximum atomic E-state index is 10.4. The Morgan fingerprint density at radius 3 is 2.27 bits per heavy atom. The number of para-hydroxylation sites is 1. The van der Waals surface area contributed by atoms with Crippen LogP contribution < -0.4 is 4.74 Å². The van der Waals surface area contributed by atoms with E-state index in [4.69, 9.17) is 4.74 Å². The van der Waals surface area contributed by atoms with E-state index in [-0.39, 0.29) is 33.3 Å². The Hall–Kier alpha value is -0.388. The van der Waals surface area contributed by atoms with Gasteiger partial charge < -0.3 is 4.74 Å². The van der Waals surface area contributed by atoms with Crippen LogP contribution in [0, 0.1) is 0 Å². The summed E-state index contributed by atoms with van der Waals surface area (Å²) in [4.78, 5) is 10.4. The Morgan fingerprint density at radius 2 is 1.82 bits per heavy atom. The van der Waals surface area contributed by atoms with Crippen molar-refractivity contribution in [3.05, 3.63) is 30.3 Å². The van der Waals surface area contributed by atoms with Crippen molar-refractivity contribution in [2.24, 2.45) is 0 Å². The average molecular weight is 345 g/mol. The van der Waals surface area contributed by atoms with E-state index in [9.17, 15) is 4.79 Å². The summed E-state index contributed by atoms with van der Waals surface area (Å²) in [6.07, 6.45) is 0. The van der Waals surface area contributed by atoms with Crippen molar-refractivity contribution >= 4 is 33.3 Å². The molecule has 0 fully saturated rings. The minimum atomic E-state index is -0.286. The van der Waals surface area contributed by atoms with Gasteiger partial charge in [0.2, 0.25) is 0 Å². The molecule has 3 heteroatoms. The molecule has 11 heavy (non-hydrogen) atoms. The maximum absolute atomic E-state index is 10.4. The van der Waals surface area contributed by atoms with Gasteiger partial charge in [-0.25, -0.2) is 0 Å². The Balaban J connectivity index is 0.000001000. The van der Waals surface area contributed by atoms with Crippen molar-refractivity contribution in [1.29, 1.82) is 0 Å². The SMILES string of the molecule is CC(=O)Oc1ccccc1.[PbH2]. The van der Waals surface area contributed by atoms with Crippen LogP contribution in [-0.2, 0) is 4.79 Å². The zero-order valence-electron chi connectivity index (χ0n) is 6.41. The summed E-state index contributed by atoms with van der Waals surface area (Å²) < 4.78 is 4.78. The fraction of sp³-hybridized carbons (Fsp3) is 0.125. The molecular weight excluding hydrogens is 335 g/mol. The van der Waals surface area contributed by atoms with Crippen LogP contribution in [0.1, 0.15) is 6.92 Å². The number of carbonyl (C=O) groups excluding carboxylic acids is 1. The van der Waals surface area contributed by atoms with E-state index in [0.717, 1.165) is 0 Å². The fourth-order valence-electron chi connectivity index (χ4n) is 0.655. The summed E-state index contributed by atoms with van der Waals surface area (Å²) in [6, 6.07) is 8.98. The predicted molar refractivity (Wildman–Crippen MR) is 46.3 cm³/mol. The summed E-state index contributed by atoms with van der Waals surface area (Å²) >= 11 is 0. The molecule has 0 saturated carbocycles. The Labute approximate surface area is 85.7 Å². The molecule has 0 spiro atoms. The summed E-state index contributed by atoms with van der Waals surface area (Å²) in [6.45, 7) is 1.38. The van der Waals surface area contributed by atoms with E-state index in [1.165, 1.54) is 6.92 Å². The molecule has 0 saturated heterocycles. The topological polar surface area (TPSA) is 26.3 Å². The first-order valence-electron chi connectivity index (χ1n) is 3.02. The van der Waals surface area contributed by atoms with Crippen LogP contribution in [0.4, 0.5) is 0 Å². The van der Waals surface area contributed by atoms with Gasteiger partial charge in [0.05, 0.1) is 0 Å². The fourth-order valence-corrected chi connectivity index (χ4v) is 0.655. The number of benzene rings is 1. The molecule has 0 atom stereocenters. The third-order valence-corrected chi connectivity index (χ3v) is 1.00. The predicted octanol–water partition coefficient (Wildman–Crippen LogP) is 0.696. The van der Waals surface area contributed by atoms with E-state index >= 15 is 0 Å². The number of hydrogen-bond donors (Lipinski definition) is 0. The first-order valence-corrected chi connectivity index (χ1v) is 3.02. The van der Waals surface area contributed by atoms with Gasteiger partial charge in [-0.05, 0) is 12.1 Å². The molecule has 0 aliphatic heterocycles. The van der Waals surface area contributed by atoms with Gasteiger partial charge in [-0.1, -0.05) is 18.2 Å². The second kappa shape index (κ2) is 5.29. The van der Waals surface area contributed by atoms with Crippen molar-refractivity contribution < 1.29 is 9.53 Å².